The number of rotatable bonds is 4. The van der Waals surface area contributed by atoms with Crippen LogP contribution in [0.2, 0.25) is 0 Å². The van der Waals surface area contributed by atoms with Gasteiger partial charge in [-0.2, -0.15) is 0 Å². The van der Waals surface area contributed by atoms with E-state index in [1.807, 2.05) is 24.3 Å². The molecule has 1 aromatic carbocycles. The minimum atomic E-state index is -0.321. The SMILES string of the molecule is O=C1CCCC[C@@H]1[C@H](C[N+](=O)[O-])c1ccccc1Br. The van der Waals surface area contributed by atoms with Crippen molar-refractivity contribution in [3.63, 3.8) is 0 Å². The smallest absolute Gasteiger partial charge is 0.211 e. The van der Waals surface area contributed by atoms with E-state index in [0.717, 1.165) is 29.3 Å². The van der Waals surface area contributed by atoms with Crippen LogP contribution in [0.15, 0.2) is 28.7 Å². The zero-order chi connectivity index (χ0) is 13.8. The molecular weight excluding hydrogens is 310 g/mol. The molecule has 1 aliphatic carbocycles. The van der Waals surface area contributed by atoms with Crippen LogP contribution >= 0.6 is 15.9 Å². The van der Waals surface area contributed by atoms with Crippen LogP contribution in [0.4, 0.5) is 0 Å². The number of nitro groups is 1. The van der Waals surface area contributed by atoms with Crippen LogP contribution in [-0.4, -0.2) is 17.3 Å². The molecule has 5 heteroatoms. The highest BCUT2D eigenvalue weighted by atomic mass is 79.9. The Bertz CT molecular complexity index is 489. The van der Waals surface area contributed by atoms with Gasteiger partial charge >= 0.3 is 0 Å². The van der Waals surface area contributed by atoms with Gasteiger partial charge in [-0.25, -0.2) is 0 Å². The van der Waals surface area contributed by atoms with E-state index in [0.29, 0.717) is 6.42 Å². The number of hydrogen-bond donors (Lipinski definition) is 0. The lowest BCUT2D eigenvalue weighted by Gasteiger charge is -2.27. The molecule has 4 nitrogen and oxygen atoms in total. The lowest BCUT2D eigenvalue weighted by Crippen LogP contribution is -2.30. The van der Waals surface area contributed by atoms with Crippen molar-refractivity contribution in [1.29, 1.82) is 0 Å². The van der Waals surface area contributed by atoms with Crippen molar-refractivity contribution in [2.24, 2.45) is 5.92 Å². The average molecular weight is 326 g/mol. The summed E-state index contributed by atoms with van der Waals surface area (Å²) in [4.78, 5) is 22.7. The number of carbonyl (C=O) groups is 1. The number of halogens is 1. The summed E-state index contributed by atoms with van der Waals surface area (Å²) in [5.41, 5.74) is 0.874. The molecule has 0 spiro atoms. The van der Waals surface area contributed by atoms with E-state index in [4.69, 9.17) is 0 Å². The van der Waals surface area contributed by atoms with Crippen LogP contribution in [0, 0.1) is 16.0 Å². The van der Waals surface area contributed by atoms with Crippen molar-refractivity contribution < 1.29 is 9.72 Å². The maximum Gasteiger partial charge on any atom is 0.211 e. The number of nitrogens with zero attached hydrogens (tertiary/aromatic N) is 1. The molecule has 1 fully saturated rings. The quantitative estimate of drug-likeness (QED) is 0.628. The lowest BCUT2D eigenvalue weighted by atomic mass is 9.76. The topological polar surface area (TPSA) is 60.2 Å². The minimum absolute atomic E-state index is 0.175. The molecule has 0 bridgehead atoms. The molecule has 0 saturated heterocycles. The van der Waals surface area contributed by atoms with Gasteiger partial charge in [-0.1, -0.05) is 40.5 Å². The molecule has 2 rings (SSSR count). The summed E-state index contributed by atoms with van der Waals surface area (Å²) >= 11 is 3.44. The second-order valence-electron chi connectivity index (χ2n) is 4.96. The maximum absolute atomic E-state index is 12.1. The van der Waals surface area contributed by atoms with Gasteiger partial charge in [0.05, 0.1) is 5.92 Å². The Morgan fingerprint density at radius 1 is 1.37 bits per heavy atom. The van der Waals surface area contributed by atoms with Crippen LogP contribution in [0.5, 0.6) is 0 Å². The van der Waals surface area contributed by atoms with Crippen LogP contribution in [0.3, 0.4) is 0 Å². The van der Waals surface area contributed by atoms with Crippen molar-refractivity contribution in [2.75, 3.05) is 6.54 Å². The number of benzene rings is 1. The number of ketones is 1. The van der Waals surface area contributed by atoms with Gasteiger partial charge in [0.15, 0.2) is 0 Å². The third kappa shape index (κ3) is 3.41. The Balaban J connectivity index is 2.32. The van der Waals surface area contributed by atoms with E-state index < -0.39 is 0 Å². The van der Waals surface area contributed by atoms with E-state index in [9.17, 15) is 14.9 Å². The molecule has 0 N–H and O–H groups in total. The first kappa shape index (κ1) is 14.2. The van der Waals surface area contributed by atoms with Crippen molar-refractivity contribution in [3.8, 4) is 0 Å². The molecule has 102 valence electrons. The normalized spacial score (nSPS) is 21.1. The summed E-state index contributed by atoms with van der Waals surface area (Å²) in [6.45, 7) is -0.182. The zero-order valence-corrected chi connectivity index (χ0v) is 12.1. The number of carbonyl (C=O) groups excluding carboxylic acids is 1. The Morgan fingerprint density at radius 3 is 2.74 bits per heavy atom. The highest BCUT2D eigenvalue weighted by Crippen LogP contribution is 2.37. The zero-order valence-electron chi connectivity index (χ0n) is 10.5. The predicted octanol–water partition coefficient (Wildman–Crippen LogP) is 3.57. The molecule has 0 radical (unpaired) electrons. The van der Waals surface area contributed by atoms with Gasteiger partial charge in [-0.05, 0) is 24.5 Å². The Hall–Kier alpha value is -1.23. The standard InChI is InChI=1S/C14H16BrNO3/c15-13-7-3-1-5-10(13)12(9-16(18)19)11-6-2-4-8-14(11)17/h1,3,5,7,11-12H,2,4,6,8-9H2/t11-,12-/m1/s1. The molecule has 1 saturated carbocycles. The Morgan fingerprint density at radius 2 is 2.11 bits per heavy atom. The molecular formula is C14H16BrNO3. The highest BCUT2D eigenvalue weighted by molar-refractivity contribution is 9.10. The highest BCUT2D eigenvalue weighted by Gasteiger charge is 2.35. The van der Waals surface area contributed by atoms with Gasteiger partial charge in [0.25, 0.3) is 0 Å². The average Bonchev–Trinajstić information content (AvgIpc) is 2.37. The fraction of sp³-hybridized carbons (Fsp3) is 0.500. The minimum Gasteiger partial charge on any atom is -0.299 e. The molecule has 19 heavy (non-hydrogen) atoms. The Labute approximate surface area is 120 Å². The summed E-state index contributed by atoms with van der Waals surface area (Å²) in [5, 5.41) is 10.9. The van der Waals surface area contributed by atoms with Gasteiger partial charge in [0.1, 0.15) is 5.78 Å². The van der Waals surface area contributed by atoms with E-state index >= 15 is 0 Å². The second-order valence-corrected chi connectivity index (χ2v) is 5.82. The van der Waals surface area contributed by atoms with E-state index in [1.54, 1.807) is 0 Å². The summed E-state index contributed by atoms with van der Waals surface area (Å²) < 4.78 is 0.847. The molecule has 1 aliphatic rings. The van der Waals surface area contributed by atoms with Crippen LogP contribution in [-0.2, 0) is 4.79 Å². The van der Waals surface area contributed by atoms with Crippen molar-refractivity contribution in [2.45, 2.75) is 31.6 Å². The number of hydrogen-bond acceptors (Lipinski definition) is 3. The fourth-order valence-electron chi connectivity index (χ4n) is 2.81. The van der Waals surface area contributed by atoms with E-state index in [2.05, 4.69) is 15.9 Å². The largest absolute Gasteiger partial charge is 0.299 e. The van der Waals surface area contributed by atoms with Crippen molar-refractivity contribution in [1.82, 2.24) is 0 Å². The van der Waals surface area contributed by atoms with Crippen LogP contribution < -0.4 is 0 Å². The first-order valence-electron chi connectivity index (χ1n) is 6.48. The molecule has 0 heterocycles. The lowest BCUT2D eigenvalue weighted by molar-refractivity contribution is -0.484. The van der Waals surface area contributed by atoms with Crippen molar-refractivity contribution in [3.05, 3.63) is 44.4 Å². The summed E-state index contributed by atoms with van der Waals surface area (Å²) in [6.07, 6.45) is 3.22. The molecule has 0 aliphatic heterocycles. The first-order chi connectivity index (χ1) is 9.09. The Kier molecular flexibility index (Phi) is 4.69. The fourth-order valence-corrected chi connectivity index (χ4v) is 3.39. The van der Waals surface area contributed by atoms with Gasteiger partial charge in [-0.3, -0.25) is 14.9 Å². The van der Waals surface area contributed by atoms with E-state index in [1.165, 1.54) is 0 Å². The monoisotopic (exact) mass is 325 g/mol. The molecule has 0 unspecified atom stereocenters. The van der Waals surface area contributed by atoms with Gasteiger partial charge in [0, 0.05) is 21.7 Å². The third-order valence-corrected chi connectivity index (χ3v) is 4.46. The van der Waals surface area contributed by atoms with Gasteiger partial charge < -0.3 is 0 Å². The van der Waals surface area contributed by atoms with Crippen LogP contribution in [0.1, 0.15) is 37.2 Å². The summed E-state index contributed by atoms with van der Waals surface area (Å²) in [6, 6.07) is 7.48. The van der Waals surface area contributed by atoms with E-state index in [-0.39, 0.29) is 29.1 Å². The molecule has 0 aromatic heterocycles. The van der Waals surface area contributed by atoms with Gasteiger partial charge in [-0.15, -0.1) is 0 Å². The molecule has 1 aromatic rings. The first-order valence-corrected chi connectivity index (χ1v) is 7.28. The second kappa shape index (κ2) is 6.28. The molecule has 2 atom stereocenters. The van der Waals surface area contributed by atoms with Crippen molar-refractivity contribution >= 4 is 21.7 Å². The maximum atomic E-state index is 12.1. The van der Waals surface area contributed by atoms with Crippen LogP contribution in [0.25, 0.3) is 0 Å². The summed E-state index contributed by atoms with van der Waals surface area (Å²) in [7, 11) is 0. The molecule has 0 amide bonds. The predicted molar refractivity (Wildman–Crippen MR) is 75.7 cm³/mol. The summed E-state index contributed by atoms with van der Waals surface area (Å²) in [5.74, 6) is -0.356. The van der Waals surface area contributed by atoms with Gasteiger partial charge in [0.2, 0.25) is 6.54 Å². The third-order valence-electron chi connectivity index (χ3n) is 3.74. The number of Topliss-reactive ketones (excluding diaryl/α,β-unsaturated/α-hetero) is 1.